The van der Waals surface area contributed by atoms with Crippen LogP contribution in [0.25, 0.3) is 0 Å². The second-order valence-corrected chi connectivity index (χ2v) is 12.6. The fourth-order valence-electron chi connectivity index (χ4n) is 2.00. The first-order valence-electron chi connectivity index (χ1n) is 8.09. The van der Waals surface area contributed by atoms with Crippen LogP contribution in [0.1, 0.15) is 47.0 Å². The fraction of sp³-hybridized carbons (Fsp3) is 0.778. The van der Waals surface area contributed by atoms with E-state index in [1.807, 2.05) is 12.2 Å². The summed E-state index contributed by atoms with van der Waals surface area (Å²) in [7, 11) is -1.73. The highest BCUT2D eigenvalue weighted by Crippen LogP contribution is 2.37. The summed E-state index contributed by atoms with van der Waals surface area (Å²) < 4.78 is 6.22. The molecule has 0 aromatic rings. The highest BCUT2D eigenvalue weighted by Gasteiger charge is 2.37. The third kappa shape index (κ3) is 7.43. The van der Waals surface area contributed by atoms with Crippen LogP contribution < -0.4 is 0 Å². The van der Waals surface area contributed by atoms with Gasteiger partial charge in [0.1, 0.15) is 0 Å². The lowest BCUT2D eigenvalue weighted by atomic mass is 9.90. The van der Waals surface area contributed by atoms with E-state index in [-0.39, 0.29) is 17.1 Å². The van der Waals surface area contributed by atoms with Crippen LogP contribution in [0.2, 0.25) is 18.1 Å². The lowest BCUT2D eigenvalue weighted by molar-refractivity contribution is 0.0605. The lowest BCUT2D eigenvalue weighted by Crippen LogP contribution is -2.42. The van der Waals surface area contributed by atoms with Crippen molar-refractivity contribution in [2.75, 3.05) is 6.61 Å². The maximum absolute atomic E-state index is 10.4. The molecule has 0 bridgehead atoms. The molecule has 2 nitrogen and oxygen atoms in total. The van der Waals surface area contributed by atoms with Gasteiger partial charge < -0.3 is 9.53 Å². The summed E-state index contributed by atoms with van der Waals surface area (Å²) in [5.41, 5.74) is 0. The van der Waals surface area contributed by atoms with Crippen LogP contribution in [0.4, 0.5) is 0 Å². The molecule has 0 saturated heterocycles. The molecule has 0 aliphatic heterocycles. The van der Waals surface area contributed by atoms with Crippen molar-refractivity contribution in [2.24, 2.45) is 11.8 Å². The molecule has 2 atom stereocenters. The third-order valence-electron chi connectivity index (χ3n) is 4.74. The zero-order valence-corrected chi connectivity index (χ0v) is 16.0. The van der Waals surface area contributed by atoms with Gasteiger partial charge in [-0.25, -0.2) is 0 Å². The molecule has 3 heteroatoms. The highest BCUT2D eigenvalue weighted by molar-refractivity contribution is 6.74. The predicted molar refractivity (Wildman–Crippen MR) is 96.1 cm³/mol. The Kier molecular flexibility index (Phi) is 8.75. The number of aliphatic hydroxyl groups is 1. The number of hydrogen-bond donors (Lipinski definition) is 1. The molecule has 0 radical (unpaired) electrons. The summed E-state index contributed by atoms with van der Waals surface area (Å²) in [5, 5.41) is 10.6. The molecule has 0 heterocycles. The summed E-state index contributed by atoms with van der Waals surface area (Å²) in [5.74, 6) is 0.599. The topological polar surface area (TPSA) is 29.5 Å². The normalized spacial score (nSPS) is 15.8. The van der Waals surface area contributed by atoms with E-state index in [4.69, 9.17) is 4.43 Å². The average molecular weight is 313 g/mol. The molecule has 21 heavy (non-hydrogen) atoms. The number of aliphatic hydroxyl groups excluding tert-OH is 1. The monoisotopic (exact) mass is 312 g/mol. The van der Waals surface area contributed by atoms with Gasteiger partial charge in [-0.15, -0.1) is 13.2 Å². The molecule has 124 valence electrons. The SMILES string of the molecule is C=CCC(CC=C)C[C@@H](O)[C@H](C)CO[Si](C)(C)C(C)(C)C. The third-order valence-corrected chi connectivity index (χ3v) is 9.25. The lowest BCUT2D eigenvalue weighted by Gasteiger charge is -2.37. The van der Waals surface area contributed by atoms with E-state index in [0.717, 1.165) is 19.3 Å². The van der Waals surface area contributed by atoms with Crippen molar-refractivity contribution in [1.29, 1.82) is 0 Å². The Morgan fingerprint density at radius 2 is 1.62 bits per heavy atom. The first-order chi connectivity index (χ1) is 9.55. The molecular formula is C18H36O2Si. The Bertz CT molecular complexity index is 308. The van der Waals surface area contributed by atoms with Crippen molar-refractivity contribution in [2.45, 2.75) is 71.2 Å². The van der Waals surface area contributed by atoms with E-state index in [1.165, 1.54) is 0 Å². The largest absolute Gasteiger partial charge is 0.416 e. The number of rotatable bonds is 10. The van der Waals surface area contributed by atoms with E-state index >= 15 is 0 Å². The van der Waals surface area contributed by atoms with Gasteiger partial charge in [-0.05, 0) is 43.3 Å². The minimum absolute atomic E-state index is 0.163. The first-order valence-corrected chi connectivity index (χ1v) is 11.0. The molecule has 0 aliphatic rings. The van der Waals surface area contributed by atoms with Crippen LogP contribution in [0.15, 0.2) is 25.3 Å². The molecule has 0 saturated carbocycles. The Labute approximate surface area is 133 Å². The molecule has 0 aliphatic carbocycles. The molecule has 0 spiro atoms. The van der Waals surface area contributed by atoms with Crippen molar-refractivity contribution in [1.82, 2.24) is 0 Å². The number of hydrogen-bond acceptors (Lipinski definition) is 2. The molecular weight excluding hydrogens is 276 g/mol. The van der Waals surface area contributed by atoms with E-state index in [9.17, 15) is 5.11 Å². The van der Waals surface area contributed by atoms with Crippen LogP contribution in [0, 0.1) is 11.8 Å². The van der Waals surface area contributed by atoms with Gasteiger partial charge in [-0.1, -0.05) is 39.8 Å². The van der Waals surface area contributed by atoms with Crippen molar-refractivity contribution >= 4 is 8.32 Å². The minimum atomic E-state index is -1.73. The van der Waals surface area contributed by atoms with Gasteiger partial charge >= 0.3 is 0 Å². The molecule has 1 N–H and O–H groups in total. The smallest absolute Gasteiger partial charge is 0.191 e. The molecule has 0 rings (SSSR count). The van der Waals surface area contributed by atoms with Crippen molar-refractivity contribution in [3.8, 4) is 0 Å². The maximum atomic E-state index is 10.4. The second kappa shape index (κ2) is 8.91. The molecule has 0 aromatic carbocycles. The van der Waals surface area contributed by atoms with Crippen LogP contribution in [-0.2, 0) is 4.43 Å². The van der Waals surface area contributed by atoms with Crippen LogP contribution in [0.5, 0.6) is 0 Å². The highest BCUT2D eigenvalue weighted by atomic mass is 28.4. The Morgan fingerprint density at radius 1 is 1.14 bits per heavy atom. The van der Waals surface area contributed by atoms with Gasteiger partial charge in [-0.2, -0.15) is 0 Å². The minimum Gasteiger partial charge on any atom is -0.416 e. The molecule has 0 amide bonds. The van der Waals surface area contributed by atoms with Gasteiger partial charge in [0.15, 0.2) is 8.32 Å². The summed E-state index contributed by atoms with van der Waals surface area (Å²) in [4.78, 5) is 0. The molecule has 0 unspecified atom stereocenters. The van der Waals surface area contributed by atoms with E-state index in [2.05, 4.69) is 53.9 Å². The van der Waals surface area contributed by atoms with E-state index in [0.29, 0.717) is 12.5 Å². The van der Waals surface area contributed by atoms with Gasteiger partial charge in [0.05, 0.1) is 6.10 Å². The van der Waals surface area contributed by atoms with Gasteiger partial charge in [0.2, 0.25) is 0 Å². The predicted octanol–water partition coefficient (Wildman–Crippen LogP) is 5.16. The van der Waals surface area contributed by atoms with Crippen LogP contribution >= 0.6 is 0 Å². The van der Waals surface area contributed by atoms with Crippen LogP contribution in [-0.4, -0.2) is 26.1 Å². The van der Waals surface area contributed by atoms with Gasteiger partial charge in [-0.3, -0.25) is 0 Å². The summed E-state index contributed by atoms with van der Waals surface area (Å²) >= 11 is 0. The molecule has 0 aromatic heterocycles. The van der Waals surface area contributed by atoms with Gasteiger partial charge in [0, 0.05) is 12.5 Å². The Hall–Kier alpha value is -0.383. The average Bonchev–Trinajstić information content (AvgIpc) is 2.35. The van der Waals surface area contributed by atoms with E-state index in [1.54, 1.807) is 0 Å². The second-order valence-electron chi connectivity index (χ2n) is 7.77. The summed E-state index contributed by atoms with van der Waals surface area (Å²) in [6, 6.07) is 0. The van der Waals surface area contributed by atoms with Crippen molar-refractivity contribution in [3.05, 3.63) is 25.3 Å². The fourth-order valence-corrected chi connectivity index (χ4v) is 3.11. The number of allylic oxidation sites excluding steroid dienone is 2. The summed E-state index contributed by atoms with van der Waals surface area (Å²) in [6.07, 6.45) is 6.19. The standard InChI is InChI=1S/C18H36O2Si/c1-9-11-16(12-10-2)13-17(19)15(3)14-20-21(7,8)18(4,5)6/h9-10,15-17,19H,1-2,11-14H2,3-8H3/t15-,17-/m1/s1. The van der Waals surface area contributed by atoms with Crippen molar-refractivity contribution in [3.63, 3.8) is 0 Å². The van der Waals surface area contributed by atoms with E-state index < -0.39 is 8.32 Å². The first kappa shape index (κ1) is 20.6. The zero-order chi connectivity index (χ0) is 16.7. The Balaban J connectivity index is 4.41. The Morgan fingerprint density at radius 3 is 2.00 bits per heavy atom. The van der Waals surface area contributed by atoms with Crippen molar-refractivity contribution < 1.29 is 9.53 Å². The summed E-state index contributed by atoms with van der Waals surface area (Å²) in [6.45, 7) is 21.5. The molecule has 0 fully saturated rings. The maximum Gasteiger partial charge on any atom is 0.191 e. The zero-order valence-electron chi connectivity index (χ0n) is 15.0. The quantitative estimate of drug-likeness (QED) is 0.446. The van der Waals surface area contributed by atoms with Gasteiger partial charge in [0.25, 0.3) is 0 Å². The van der Waals surface area contributed by atoms with Crippen LogP contribution in [0.3, 0.4) is 0 Å².